The fourth-order valence-corrected chi connectivity index (χ4v) is 3.31. The quantitative estimate of drug-likeness (QED) is 0.831. The van der Waals surface area contributed by atoms with Gasteiger partial charge in [-0.15, -0.1) is 0 Å². The predicted molar refractivity (Wildman–Crippen MR) is 88.4 cm³/mol. The molecule has 0 aliphatic carbocycles. The summed E-state index contributed by atoms with van der Waals surface area (Å²) in [7, 11) is 0. The number of hydrogen-bond donors (Lipinski definition) is 1. The lowest BCUT2D eigenvalue weighted by atomic mass is 10.2. The summed E-state index contributed by atoms with van der Waals surface area (Å²) in [4.78, 5) is 24.9. The van der Waals surface area contributed by atoms with E-state index in [1.165, 1.54) is 6.07 Å². The van der Waals surface area contributed by atoms with Crippen molar-refractivity contribution in [3.8, 4) is 11.5 Å². The molecule has 2 rings (SSSR count). The van der Waals surface area contributed by atoms with Crippen LogP contribution in [0, 0.1) is 0 Å². The van der Waals surface area contributed by atoms with Crippen molar-refractivity contribution in [1.29, 1.82) is 0 Å². The maximum absolute atomic E-state index is 12.2. The van der Waals surface area contributed by atoms with E-state index in [4.69, 9.17) is 9.47 Å². The van der Waals surface area contributed by atoms with Gasteiger partial charge in [-0.1, -0.05) is 6.07 Å². The molecule has 1 saturated heterocycles. The van der Waals surface area contributed by atoms with Crippen LogP contribution in [0.15, 0.2) is 18.2 Å². The lowest BCUT2D eigenvalue weighted by molar-refractivity contribution is 0.0584. The minimum atomic E-state index is -0.347. The fourth-order valence-electron chi connectivity index (χ4n) is 2.27. The molecule has 7 heteroatoms. The second kappa shape index (κ2) is 8.10. The Kier molecular flexibility index (Phi) is 6.15. The number of hydrogen-bond acceptors (Lipinski definition) is 6. The molecule has 1 fully saturated rings. The van der Waals surface area contributed by atoms with Gasteiger partial charge in [0.15, 0.2) is 6.29 Å². The Morgan fingerprint density at radius 3 is 3.00 bits per heavy atom. The van der Waals surface area contributed by atoms with E-state index >= 15 is 0 Å². The molecule has 1 aromatic rings. The molecule has 0 saturated carbocycles. The summed E-state index contributed by atoms with van der Waals surface area (Å²) >= 11 is 1.74. The second-order valence-electron chi connectivity index (χ2n) is 5.47. The number of rotatable bonds is 5. The summed E-state index contributed by atoms with van der Waals surface area (Å²) in [5.74, 6) is 1.79. The van der Waals surface area contributed by atoms with Crippen LogP contribution in [-0.2, 0) is 4.74 Å². The number of ether oxygens (including phenoxy) is 2. The molecule has 1 N–H and O–H groups in total. The zero-order chi connectivity index (χ0) is 16.8. The van der Waals surface area contributed by atoms with Gasteiger partial charge in [0.1, 0.15) is 18.1 Å². The fraction of sp³-hybridized carbons (Fsp3) is 0.500. The topological polar surface area (TPSA) is 76.1 Å². The van der Waals surface area contributed by atoms with Gasteiger partial charge in [-0.3, -0.25) is 4.79 Å². The number of carbonyl (C=O) groups is 2. The number of aldehydes is 1. The first-order valence-corrected chi connectivity index (χ1v) is 8.63. The van der Waals surface area contributed by atoms with Crippen molar-refractivity contribution in [3.63, 3.8) is 0 Å². The van der Waals surface area contributed by atoms with Crippen LogP contribution in [0.4, 0.5) is 4.79 Å². The third-order valence-electron chi connectivity index (χ3n) is 3.39. The zero-order valence-electron chi connectivity index (χ0n) is 13.2. The highest BCUT2D eigenvalue weighted by Gasteiger charge is 2.29. The smallest absolute Gasteiger partial charge is 0.410 e. The lowest BCUT2D eigenvalue weighted by Gasteiger charge is -2.34. The van der Waals surface area contributed by atoms with Crippen LogP contribution in [-0.4, -0.2) is 59.2 Å². The third kappa shape index (κ3) is 4.54. The Bertz CT molecular complexity index is 563. The lowest BCUT2D eigenvalue weighted by Crippen LogP contribution is -2.49. The number of nitrogens with zero attached hydrogens (tertiary/aromatic N) is 1. The van der Waals surface area contributed by atoms with Crippen LogP contribution in [0.5, 0.6) is 11.5 Å². The number of thioether (sulfide) groups is 1. The maximum atomic E-state index is 12.2. The van der Waals surface area contributed by atoms with Gasteiger partial charge in [-0.25, -0.2) is 4.79 Å². The van der Waals surface area contributed by atoms with E-state index in [0.717, 1.165) is 11.5 Å². The summed E-state index contributed by atoms with van der Waals surface area (Å²) in [5, 5.41) is 9.67. The molecule has 23 heavy (non-hydrogen) atoms. The molecule has 1 unspecified atom stereocenters. The Labute approximate surface area is 139 Å². The Balaban J connectivity index is 2.04. The van der Waals surface area contributed by atoms with Crippen LogP contribution in [0.2, 0.25) is 0 Å². The Morgan fingerprint density at radius 1 is 1.52 bits per heavy atom. The van der Waals surface area contributed by atoms with E-state index in [1.807, 2.05) is 13.8 Å². The molecule has 0 spiro atoms. The van der Waals surface area contributed by atoms with E-state index in [0.29, 0.717) is 18.6 Å². The Morgan fingerprint density at radius 2 is 2.30 bits per heavy atom. The molecule has 1 aromatic carbocycles. The largest absolute Gasteiger partial charge is 0.507 e. The summed E-state index contributed by atoms with van der Waals surface area (Å²) in [5.41, 5.74) is 0.118. The number of phenols is 1. The standard InChI is InChI=1S/C16H21NO5S/c1-11(2)22-16(20)17-6-7-23-10-12(17)9-21-15-5-3-4-14(19)13(15)8-18/h3-5,8,11-12,19H,6-7,9-10H2,1-2H3. The zero-order valence-corrected chi connectivity index (χ0v) is 14.0. The first kappa shape index (κ1) is 17.5. The van der Waals surface area contributed by atoms with Crippen LogP contribution < -0.4 is 4.74 Å². The van der Waals surface area contributed by atoms with E-state index in [-0.39, 0.29) is 36.2 Å². The molecular weight excluding hydrogens is 318 g/mol. The van der Waals surface area contributed by atoms with E-state index < -0.39 is 0 Å². The highest BCUT2D eigenvalue weighted by molar-refractivity contribution is 7.99. The van der Waals surface area contributed by atoms with Crippen LogP contribution >= 0.6 is 11.8 Å². The molecule has 1 heterocycles. The third-order valence-corrected chi connectivity index (χ3v) is 4.48. The highest BCUT2D eigenvalue weighted by atomic mass is 32.2. The summed E-state index contributed by atoms with van der Waals surface area (Å²) < 4.78 is 10.9. The van der Waals surface area contributed by atoms with Crippen molar-refractivity contribution >= 4 is 24.1 Å². The Hall–Kier alpha value is -1.89. The van der Waals surface area contributed by atoms with Gasteiger partial charge in [-0.05, 0) is 26.0 Å². The maximum Gasteiger partial charge on any atom is 0.410 e. The molecule has 1 aliphatic heterocycles. The van der Waals surface area contributed by atoms with E-state index in [9.17, 15) is 14.7 Å². The van der Waals surface area contributed by atoms with Crippen molar-refractivity contribution < 1.29 is 24.2 Å². The first-order chi connectivity index (χ1) is 11.0. The number of benzene rings is 1. The van der Waals surface area contributed by atoms with Crippen molar-refractivity contribution in [2.75, 3.05) is 24.7 Å². The highest BCUT2D eigenvalue weighted by Crippen LogP contribution is 2.26. The van der Waals surface area contributed by atoms with Gasteiger partial charge in [0, 0.05) is 18.1 Å². The average molecular weight is 339 g/mol. The molecule has 0 bridgehead atoms. The normalized spacial score (nSPS) is 17.9. The van der Waals surface area contributed by atoms with Crippen molar-refractivity contribution in [3.05, 3.63) is 23.8 Å². The van der Waals surface area contributed by atoms with Gasteiger partial charge in [0.25, 0.3) is 0 Å². The van der Waals surface area contributed by atoms with Crippen LogP contribution in [0.1, 0.15) is 24.2 Å². The molecule has 1 aliphatic rings. The molecular formula is C16H21NO5S. The van der Waals surface area contributed by atoms with Gasteiger partial charge in [0.2, 0.25) is 0 Å². The summed E-state index contributed by atoms with van der Waals surface area (Å²) in [6, 6.07) is 4.52. The number of aromatic hydroxyl groups is 1. The molecule has 6 nitrogen and oxygen atoms in total. The van der Waals surface area contributed by atoms with Crippen LogP contribution in [0.25, 0.3) is 0 Å². The first-order valence-electron chi connectivity index (χ1n) is 7.48. The molecule has 1 atom stereocenters. The molecule has 0 radical (unpaired) electrons. The number of carbonyl (C=O) groups excluding carboxylic acids is 2. The van der Waals surface area contributed by atoms with Crippen molar-refractivity contribution in [2.45, 2.75) is 26.0 Å². The minimum Gasteiger partial charge on any atom is -0.507 e. The summed E-state index contributed by atoms with van der Waals surface area (Å²) in [6.07, 6.45) is 0.0391. The SMILES string of the molecule is CC(C)OC(=O)N1CCSCC1COc1cccc(O)c1C=O. The van der Waals surface area contributed by atoms with Gasteiger partial charge >= 0.3 is 6.09 Å². The van der Waals surface area contributed by atoms with E-state index in [1.54, 1.807) is 28.8 Å². The van der Waals surface area contributed by atoms with Crippen molar-refractivity contribution in [1.82, 2.24) is 4.90 Å². The number of amides is 1. The van der Waals surface area contributed by atoms with E-state index in [2.05, 4.69) is 0 Å². The predicted octanol–water partition coefficient (Wildman–Crippen LogP) is 2.55. The van der Waals surface area contributed by atoms with Crippen molar-refractivity contribution in [2.24, 2.45) is 0 Å². The van der Waals surface area contributed by atoms with Gasteiger partial charge in [-0.2, -0.15) is 11.8 Å². The number of phenolic OH excluding ortho intramolecular Hbond substituents is 1. The van der Waals surface area contributed by atoms with Gasteiger partial charge in [0.05, 0.1) is 17.7 Å². The molecule has 1 amide bonds. The average Bonchev–Trinajstić information content (AvgIpc) is 2.52. The monoisotopic (exact) mass is 339 g/mol. The van der Waals surface area contributed by atoms with Crippen LogP contribution in [0.3, 0.4) is 0 Å². The summed E-state index contributed by atoms with van der Waals surface area (Å²) in [6.45, 7) is 4.46. The van der Waals surface area contributed by atoms with Gasteiger partial charge < -0.3 is 19.5 Å². The minimum absolute atomic E-state index is 0.118. The molecule has 0 aromatic heterocycles. The molecule has 126 valence electrons. The second-order valence-corrected chi connectivity index (χ2v) is 6.62.